The Morgan fingerprint density at radius 2 is 1.85 bits per heavy atom. The Morgan fingerprint density at radius 1 is 1.12 bits per heavy atom. The van der Waals surface area contributed by atoms with Gasteiger partial charge in [0.25, 0.3) is 5.91 Å². The number of amides is 1. The van der Waals surface area contributed by atoms with Gasteiger partial charge in [0.05, 0.1) is 30.2 Å². The Bertz CT molecular complexity index is 1720. The number of carbonyl (C=O) groups excluding carboxylic acids is 1. The normalized spacial score (nSPS) is 13.3. The van der Waals surface area contributed by atoms with Gasteiger partial charge in [0.1, 0.15) is 23.2 Å². The largest absolute Gasteiger partial charge is 0.505 e. The molecule has 200 valence electrons. The van der Waals surface area contributed by atoms with Gasteiger partial charge in [-0.05, 0) is 47.9 Å². The first-order valence-corrected chi connectivity index (χ1v) is 13.0. The number of carbonyl (C=O) groups is 1. The molecule has 0 saturated carbocycles. The van der Waals surface area contributed by atoms with Gasteiger partial charge in [-0.3, -0.25) is 4.79 Å². The number of hydrogen-bond donors (Lipinski definition) is 5. The first-order valence-electron chi connectivity index (χ1n) is 12.1. The first-order chi connectivity index (χ1) is 19.4. The Labute approximate surface area is 234 Å². The van der Waals surface area contributed by atoms with Crippen molar-refractivity contribution in [1.82, 2.24) is 9.78 Å². The number of aromatic hydroxyl groups is 1. The number of nitriles is 1. The van der Waals surface area contributed by atoms with Crippen LogP contribution in [0.2, 0.25) is 0 Å². The molecule has 0 bridgehead atoms. The van der Waals surface area contributed by atoms with E-state index in [4.69, 9.17) is 21.5 Å². The van der Waals surface area contributed by atoms with Gasteiger partial charge in [0, 0.05) is 16.0 Å². The molecule has 1 aliphatic rings. The fourth-order valence-corrected chi connectivity index (χ4v) is 5.24. The molecular weight excluding hydrogens is 526 g/mol. The summed E-state index contributed by atoms with van der Waals surface area (Å²) in [6, 6.07) is 25.9. The summed E-state index contributed by atoms with van der Waals surface area (Å²) in [5, 5.41) is 30.7. The van der Waals surface area contributed by atoms with Crippen molar-refractivity contribution in [3.63, 3.8) is 0 Å². The minimum atomic E-state index is -0.426. The fraction of sp³-hybridized carbons (Fsp3) is 0.0690. The number of nitrogens with zero attached hydrogens (tertiary/aromatic N) is 3. The van der Waals surface area contributed by atoms with Crippen LogP contribution in [-0.2, 0) is 0 Å². The van der Waals surface area contributed by atoms with E-state index >= 15 is 0 Å². The van der Waals surface area contributed by atoms with E-state index in [0.717, 1.165) is 16.0 Å². The third-order valence-corrected chi connectivity index (χ3v) is 7.39. The Balaban J connectivity index is 0.000000168. The number of fused-ring (bicyclic) bond motifs is 2. The summed E-state index contributed by atoms with van der Waals surface area (Å²) >= 11 is 1.63. The number of phenols is 1. The number of phenolic OH excluding ortho intramolecular Hbond substituents is 1. The molecule has 0 spiro atoms. The maximum Gasteiger partial charge on any atom is 0.259 e. The maximum absolute atomic E-state index is 12.4. The molecule has 6 rings (SSSR count). The highest BCUT2D eigenvalue weighted by Gasteiger charge is 2.25. The summed E-state index contributed by atoms with van der Waals surface area (Å²) in [4.78, 5) is 13.6. The third kappa shape index (κ3) is 5.16. The molecule has 10 nitrogen and oxygen atoms in total. The molecule has 1 unspecified atom stereocenters. The molecule has 0 saturated heterocycles. The van der Waals surface area contributed by atoms with Gasteiger partial charge in [-0.1, -0.05) is 48.2 Å². The van der Waals surface area contributed by atoms with Crippen molar-refractivity contribution >= 4 is 51.3 Å². The Morgan fingerprint density at radius 3 is 2.55 bits per heavy atom. The highest BCUT2D eigenvalue weighted by Crippen LogP contribution is 2.44. The fourth-order valence-electron chi connectivity index (χ4n) is 4.14. The number of aromatic nitrogens is 2. The summed E-state index contributed by atoms with van der Waals surface area (Å²) in [5.74, 6) is 0.450. The molecule has 5 aromatic rings. The lowest BCUT2D eigenvalue weighted by Crippen LogP contribution is -2.14. The number of nitrogens with one attached hydrogen (secondary N) is 2. The van der Waals surface area contributed by atoms with E-state index in [2.05, 4.69) is 15.7 Å². The van der Waals surface area contributed by atoms with Crippen molar-refractivity contribution < 1.29 is 14.6 Å². The Hall–Kier alpha value is -5.34. The molecule has 40 heavy (non-hydrogen) atoms. The van der Waals surface area contributed by atoms with E-state index < -0.39 is 5.91 Å². The van der Waals surface area contributed by atoms with E-state index in [1.54, 1.807) is 60.0 Å². The van der Waals surface area contributed by atoms with Crippen LogP contribution in [0, 0.1) is 11.3 Å². The number of rotatable bonds is 4. The number of benzene rings is 4. The molecule has 1 aromatic heterocycles. The topological polar surface area (TPSA) is 164 Å². The van der Waals surface area contributed by atoms with E-state index in [1.165, 1.54) is 6.20 Å². The maximum atomic E-state index is 12.4. The predicted octanol–water partition coefficient (Wildman–Crippen LogP) is 5.40. The highest BCUT2D eigenvalue weighted by atomic mass is 32.2. The van der Waals surface area contributed by atoms with Crippen LogP contribution in [0.25, 0.3) is 10.8 Å². The van der Waals surface area contributed by atoms with Gasteiger partial charge >= 0.3 is 0 Å². The van der Waals surface area contributed by atoms with Gasteiger partial charge in [-0.25, -0.2) is 4.68 Å². The predicted molar refractivity (Wildman–Crippen MR) is 157 cm³/mol. The van der Waals surface area contributed by atoms with Crippen molar-refractivity contribution in [1.29, 1.82) is 5.26 Å². The molecule has 1 atom stereocenters. The zero-order valence-corrected chi connectivity index (χ0v) is 22.1. The average molecular weight is 552 g/mol. The van der Waals surface area contributed by atoms with Gasteiger partial charge in [0.2, 0.25) is 0 Å². The number of ether oxygens (including phenoxy) is 1. The number of anilines is 4. The monoisotopic (exact) mass is 551 g/mol. The Kier molecular flexibility index (Phi) is 7.35. The van der Waals surface area contributed by atoms with Crippen LogP contribution in [0.3, 0.4) is 0 Å². The van der Waals surface area contributed by atoms with Gasteiger partial charge < -0.3 is 31.9 Å². The molecule has 0 aliphatic carbocycles. The quantitative estimate of drug-likeness (QED) is 0.145. The van der Waals surface area contributed by atoms with Gasteiger partial charge in [-0.2, -0.15) is 10.4 Å². The molecule has 4 aromatic carbocycles. The second-order valence-corrected chi connectivity index (χ2v) is 9.82. The molecule has 0 radical (unpaired) electrons. The standard InChI is InChI=1S/C18H16N2O3.C11H9N5S/c1-23-13-8-6-12(7-9-13)20-18(22)15-10-11-4-2-3-5-14(11)16(19)17(15)21;12-5-7-6-14-16(10(7)13)11-15-8-3-1-2-4-9(8)17-11/h2-10,21H,19H2,1H3,(H,20,22);1-4,6,11,15H,13H2. The number of para-hydroxylation sites is 1. The van der Waals surface area contributed by atoms with Gasteiger partial charge in [0.15, 0.2) is 11.2 Å². The van der Waals surface area contributed by atoms with Crippen LogP contribution in [0.5, 0.6) is 11.5 Å². The smallest absolute Gasteiger partial charge is 0.259 e. The van der Waals surface area contributed by atoms with Crippen LogP contribution >= 0.6 is 11.8 Å². The van der Waals surface area contributed by atoms with Crippen LogP contribution in [-0.4, -0.2) is 27.9 Å². The lowest BCUT2D eigenvalue weighted by Gasteiger charge is -2.12. The number of thioether (sulfide) groups is 1. The van der Waals surface area contributed by atoms with Crippen LogP contribution in [0.1, 0.15) is 21.4 Å². The molecule has 11 heteroatoms. The lowest BCUT2D eigenvalue weighted by atomic mass is 10.0. The zero-order chi connectivity index (χ0) is 28.2. The molecule has 7 N–H and O–H groups in total. The molecule has 1 aliphatic heterocycles. The first kappa shape index (κ1) is 26.3. The summed E-state index contributed by atoms with van der Waals surface area (Å²) in [5.41, 5.74) is 14.1. The third-order valence-electron chi connectivity index (χ3n) is 6.23. The van der Waals surface area contributed by atoms with E-state index in [0.29, 0.717) is 28.2 Å². The van der Waals surface area contributed by atoms with E-state index in [9.17, 15) is 9.90 Å². The summed E-state index contributed by atoms with van der Waals surface area (Å²) in [7, 11) is 1.57. The van der Waals surface area contributed by atoms with Gasteiger partial charge in [-0.15, -0.1) is 0 Å². The van der Waals surface area contributed by atoms with Crippen molar-refractivity contribution in [2.45, 2.75) is 10.4 Å². The second kappa shape index (κ2) is 11.2. The average Bonchev–Trinajstić information content (AvgIpc) is 3.58. The second-order valence-electron chi connectivity index (χ2n) is 8.70. The number of methoxy groups -OCH3 is 1. The van der Waals surface area contributed by atoms with Crippen LogP contribution in [0.15, 0.2) is 90.0 Å². The van der Waals surface area contributed by atoms with Crippen molar-refractivity contribution in [2.75, 3.05) is 29.2 Å². The summed E-state index contributed by atoms with van der Waals surface area (Å²) in [6.45, 7) is 0. The molecule has 0 fully saturated rings. The van der Waals surface area contributed by atoms with Crippen LogP contribution < -0.4 is 26.8 Å². The van der Waals surface area contributed by atoms with Crippen molar-refractivity contribution in [2.24, 2.45) is 0 Å². The molecule has 2 heterocycles. The van der Waals surface area contributed by atoms with E-state index in [-0.39, 0.29) is 22.5 Å². The SMILES string of the molecule is COc1ccc(NC(=O)c2cc3ccccc3c(N)c2O)cc1.N#Cc1cnn(C2Nc3ccccc3S2)c1N. The van der Waals surface area contributed by atoms with E-state index in [1.807, 2.05) is 48.5 Å². The minimum absolute atomic E-state index is 0.0884. The minimum Gasteiger partial charge on any atom is -0.505 e. The molecular formula is C29H25N7O3S. The number of nitrogen functional groups attached to an aromatic ring is 2. The number of hydrogen-bond acceptors (Lipinski definition) is 9. The summed E-state index contributed by atoms with van der Waals surface area (Å²) in [6.07, 6.45) is 1.49. The number of nitrogens with two attached hydrogens (primary N) is 2. The van der Waals surface area contributed by atoms with Crippen molar-refractivity contribution in [3.8, 4) is 17.6 Å². The van der Waals surface area contributed by atoms with Crippen LogP contribution in [0.4, 0.5) is 22.9 Å². The highest BCUT2D eigenvalue weighted by molar-refractivity contribution is 8.00. The lowest BCUT2D eigenvalue weighted by molar-refractivity contribution is 0.102. The summed E-state index contributed by atoms with van der Waals surface area (Å²) < 4.78 is 6.70. The zero-order valence-electron chi connectivity index (χ0n) is 21.3. The van der Waals surface area contributed by atoms with Crippen molar-refractivity contribution in [3.05, 3.63) is 96.2 Å². The molecule has 1 amide bonds.